The molecule has 150 valence electrons. The van der Waals surface area contributed by atoms with Gasteiger partial charge in [0, 0.05) is 18.4 Å². The molecule has 0 aliphatic carbocycles. The summed E-state index contributed by atoms with van der Waals surface area (Å²) in [4.78, 5) is 30.0. The zero-order valence-corrected chi connectivity index (χ0v) is 17.1. The summed E-state index contributed by atoms with van der Waals surface area (Å²) in [5.41, 5.74) is 1.14. The smallest absolute Gasteiger partial charge is 0.331 e. The number of carbonyl (C=O) groups is 2. The fourth-order valence-electron chi connectivity index (χ4n) is 2.57. The van der Waals surface area contributed by atoms with E-state index in [9.17, 15) is 9.59 Å². The van der Waals surface area contributed by atoms with E-state index in [1.807, 2.05) is 25.1 Å². The average Bonchev–Trinajstić information content (AvgIpc) is 3.34. The first-order valence-electron chi connectivity index (χ1n) is 8.77. The Kier molecular flexibility index (Phi) is 6.46. The van der Waals surface area contributed by atoms with Gasteiger partial charge in [-0.15, -0.1) is 11.3 Å². The van der Waals surface area contributed by atoms with Gasteiger partial charge in [0.05, 0.1) is 18.5 Å². The third-order valence-corrected chi connectivity index (χ3v) is 4.75. The number of furan rings is 1. The number of methoxy groups -OCH3 is 1. The van der Waals surface area contributed by atoms with Crippen LogP contribution < -0.4 is 9.64 Å². The third kappa shape index (κ3) is 5.11. The SMILES string of the molecule is COc1ccccc1N(C(C)=O)c1nc(COC(=O)/C=C/c2ccc(C)o2)cs1. The Morgan fingerprint density at radius 1 is 1.24 bits per heavy atom. The van der Waals surface area contributed by atoms with E-state index in [1.54, 1.807) is 36.8 Å². The molecule has 0 fully saturated rings. The Hall–Kier alpha value is -3.39. The van der Waals surface area contributed by atoms with E-state index >= 15 is 0 Å². The fraction of sp³-hybridized carbons (Fsp3) is 0.190. The Morgan fingerprint density at radius 3 is 2.72 bits per heavy atom. The van der Waals surface area contributed by atoms with Gasteiger partial charge in [-0.2, -0.15) is 0 Å². The zero-order valence-electron chi connectivity index (χ0n) is 16.2. The highest BCUT2D eigenvalue weighted by Crippen LogP contribution is 2.35. The Bertz CT molecular complexity index is 1040. The first kappa shape index (κ1) is 20.3. The lowest BCUT2D eigenvalue weighted by molar-refractivity contribution is -0.139. The fourth-order valence-corrected chi connectivity index (χ4v) is 3.44. The molecule has 8 heteroatoms. The van der Waals surface area contributed by atoms with Gasteiger partial charge in [-0.3, -0.25) is 9.69 Å². The van der Waals surface area contributed by atoms with Crippen molar-refractivity contribution in [3.05, 3.63) is 65.1 Å². The van der Waals surface area contributed by atoms with Crippen LogP contribution in [0.25, 0.3) is 6.08 Å². The second kappa shape index (κ2) is 9.20. The summed E-state index contributed by atoms with van der Waals surface area (Å²) in [6.07, 6.45) is 2.84. The van der Waals surface area contributed by atoms with E-state index in [1.165, 1.54) is 29.2 Å². The van der Waals surface area contributed by atoms with Gasteiger partial charge in [0.2, 0.25) is 5.91 Å². The standard InChI is InChI=1S/C21H20N2O5S/c1-14-8-9-17(28-14)10-11-20(25)27-12-16-13-29-21(22-16)23(15(2)24)18-6-4-5-7-19(18)26-3/h4-11,13H,12H2,1-3H3/b11-10+. The van der Waals surface area contributed by atoms with Crippen LogP contribution in [-0.4, -0.2) is 24.0 Å². The van der Waals surface area contributed by atoms with Crippen LogP contribution in [0.1, 0.15) is 24.1 Å². The number of aryl methyl sites for hydroxylation is 1. The molecular weight excluding hydrogens is 392 g/mol. The van der Waals surface area contributed by atoms with Gasteiger partial charge in [-0.1, -0.05) is 12.1 Å². The number of carbonyl (C=O) groups excluding carboxylic acids is 2. The highest BCUT2D eigenvalue weighted by atomic mass is 32.1. The molecule has 0 aliphatic heterocycles. The molecule has 0 N–H and O–H groups in total. The van der Waals surface area contributed by atoms with Crippen molar-refractivity contribution >= 4 is 40.1 Å². The number of aromatic nitrogens is 1. The highest BCUT2D eigenvalue weighted by Gasteiger charge is 2.21. The molecule has 2 heterocycles. The van der Waals surface area contributed by atoms with Gasteiger partial charge in [0.25, 0.3) is 0 Å². The molecule has 29 heavy (non-hydrogen) atoms. The second-order valence-corrected chi connectivity index (χ2v) is 6.87. The summed E-state index contributed by atoms with van der Waals surface area (Å²) < 4.78 is 15.9. The van der Waals surface area contributed by atoms with E-state index in [0.717, 1.165) is 5.76 Å². The van der Waals surface area contributed by atoms with E-state index in [0.29, 0.717) is 28.0 Å². The predicted molar refractivity (Wildman–Crippen MR) is 110 cm³/mol. The first-order chi connectivity index (χ1) is 14.0. The quantitative estimate of drug-likeness (QED) is 0.420. The summed E-state index contributed by atoms with van der Waals surface area (Å²) in [5.74, 6) is 1.18. The number of esters is 1. The number of anilines is 2. The van der Waals surface area contributed by atoms with Gasteiger partial charge in [-0.05, 0) is 37.3 Å². The number of ether oxygens (including phenoxy) is 2. The normalized spacial score (nSPS) is 10.9. The van der Waals surface area contributed by atoms with Crippen LogP contribution in [0, 0.1) is 6.92 Å². The molecule has 1 aromatic carbocycles. The van der Waals surface area contributed by atoms with Crippen molar-refractivity contribution in [2.24, 2.45) is 0 Å². The van der Waals surface area contributed by atoms with Gasteiger partial charge in [0.1, 0.15) is 23.9 Å². The summed E-state index contributed by atoms with van der Waals surface area (Å²) in [6, 6.07) is 10.8. The van der Waals surface area contributed by atoms with Crippen LogP contribution >= 0.6 is 11.3 Å². The third-order valence-electron chi connectivity index (χ3n) is 3.88. The number of amides is 1. The molecule has 0 spiro atoms. The van der Waals surface area contributed by atoms with E-state index < -0.39 is 5.97 Å². The number of thiazole rings is 1. The topological polar surface area (TPSA) is 81.9 Å². The average molecular weight is 412 g/mol. The number of benzene rings is 1. The second-order valence-electron chi connectivity index (χ2n) is 6.04. The Morgan fingerprint density at radius 2 is 2.03 bits per heavy atom. The lowest BCUT2D eigenvalue weighted by Gasteiger charge is -2.20. The summed E-state index contributed by atoms with van der Waals surface area (Å²) in [6.45, 7) is 3.27. The van der Waals surface area contributed by atoms with E-state index in [4.69, 9.17) is 13.9 Å². The number of hydrogen-bond acceptors (Lipinski definition) is 7. The first-order valence-corrected chi connectivity index (χ1v) is 9.65. The largest absolute Gasteiger partial charge is 0.495 e. The molecular formula is C21H20N2O5S. The van der Waals surface area contributed by atoms with Crippen LogP contribution in [0.15, 0.2) is 52.3 Å². The monoisotopic (exact) mass is 412 g/mol. The minimum atomic E-state index is -0.512. The van der Waals surface area contributed by atoms with Crippen LogP contribution in [0.2, 0.25) is 0 Å². The maximum Gasteiger partial charge on any atom is 0.331 e. The van der Waals surface area contributed by atoms with Crippen molar-refractivity contribution in [1.82, 2.24) is 4.98 Å². The van der Waals surface area contributed by atoms with Crippen LogP contribution in [0.5, 0.6) is 5.75 Å². The van der Waals surface area contributed by atoms with Crippen molar-refractivity contribution in [3.63, 3.8) is 0 Å². The Balaban J connectivity index is 1.68. The maximum absolute atomic E-state index is 12.2. The predicted octanol–water partition coefficient (Wildman–Crippen LogP) is 4.49. The van der Waals surface area contributed by atoms with Gasteiger partial charge < -0.3 is 13.9 Å². The molecule has 0 atom stereocenters. The molecule has 3 rings (SSSR count). The van der Waals surface area contributed by atoms with Crippen LogP contribution in [-0.2, 0) is 20.9 Å². The molecule has 0 unspecified atom stereocenters. The number of rotatable bonds is 7. The maximum atomic E-state index is 12.2. The van der Waals surface area contributed by atoms with Crippen molar-refractivity contribution in [2.45, 2.75) is 20.5 Å². The molecule has 2 aromatic heterocycles. The van der Waals surface area contributed by atoms with Gasteiger partial charge in [0.15, 0.2) is 5.13 Å². The summed E-state index contributed by atoms with van der Waals surface area (Å²) >= 11 is 1.28. The van der Waals surface area contributed by atoms with Crippen molar-refractivity contribution in [2.75, 3.05) is 12.0 Å². The summed E-state index contributed by atoms with van der Waals surface area (Å²) in [5, 5.41) is 2.21. The molecule has 3 aromatic rings. The minimum Gasteiger partial charge on any atom is -0.495 e. The lowest BCUT2D eigenvalue weighted by Crippen LogP contribution is -2.23. The lowest BCUT2D eigenvalue weighted by atomic mass is 10.2. The summed E-state index contributed by atoms with van der Waals surface area (Å²) in [7, 11) is 1.54. The molecule has 0 bridgehead atoms. The molecule has 0 radical (unpaired) electrons. The molecule has 0 saturated heterocycles. The Labute approximate surface area is 172 Å². The minimum absolute atomic E-state index is 0.00543. The van der Waals surface area contributed by atoms with Crippen molar-refractivity contribution in [1.29, 1.82) is 0 Å². The number of nitrogens with zero attached hydrogens (tertiary/aromatic N) is 2. The van der Waals surface area contributed by atoms with E-state index in [-0.39, 0.29) is 12.5 Å². The van der Waals surface area contributed by atoms with Gasteiger partial charge >= 0.3 is 5.97 Å². The van der Waals surface area contributed by atoms with Crippen molar-refractivity contribution in [3.8, 4) is 5.75 Å². The van der Waals surface area contributed by atoms with Crippen LogP contribution in [0.4, 0.5) is 10.8 Å². The number of para-hydroxylation sites is 2. The molecule has 7 nitrogen and oxygen atoms in total. The van der Waals surface area contributed by atoms with Gasteiger partial charge in [-0.25, -0.2) is 9.78 Å². The van der Waals surface area contributed by atoms with E-state index in [2.05, 4.69) is 4.98 Å². The van der Waals surface area contributed by atoms with Crippen LogP contribution in [0.3, 0.4) is 0 Å². The molecule has 0 saturated carbocycles. The zero-order chi connectivity index (χ0) is 20.8. The molecule has 1 amide bonds. The van der Waals surface area contributed by atoms with Crippen molar-refractivity contribution < 1.29 is 23.5 Å². The highest BCUT2D eigenvalue weighted by molar-refractivity contribution is 7.14. The molecule has 0 aliphatic rings. The number of hydrogen-bond donors (Lipinski definition) is 0.